The zero-order valence-electron chi connectivity index (χ0n) is 45.4. The van der Waals surface area contributed by atoms with Crippen LogP contribution in [-0.2, 0) is 19.1 Å². The van der Waals surface area contributed by atoms with E-state index >= 15 is 0 Å². The summed E-state index contributed by atoms with van der Waals surface area (Å²) in [5.41, 5.74) is 0. The smallest absolute Gasteiger partial charge is 0.305 e. The van der Waals surface area contributed by atoms with Crippen LogP contribution in [-0.4, -0.2) is 25.2 Å². The zero-order chi connectivity index (χ0) is 47.6. The Morgan fingerprint density at radius 2 is 0.424 bits per heavy atom. The fourth-order valence-electron chi connectivity index (χ4n) is 9.59. The van der Waals surface area contributed by atoms with Crippen LogP contribution in [0.4, 0.5) is 0 Å². The van der Waals surface area contributed by atoms with Crippen molar-refractivity contribution in [2.45, 2.75) is 361 Å². The van der Waals surface area contributed by atoms with Crippen molar-refractivity contribution in [3.05, 3.63) is 12.2 Å². The second kappa shape index (κ2) is 59.8. The van der Waals surface area contributed by atoms with Crippen molar-refractivity contribution in [1.82, 2.24) is 0 Å². The normalized spacial score (nSPS) is 11.6. The van der Waals surface area contributed by atoms with Gasteiger partial charge in [-0.05, 0) is 51.4 Å². The molecule has 0 unspecified atom stereocenters. The van der Waals surface area contributed by atoms with E-state index in [9.17, 15) is 9.59 Å². The molecule has 0 amide bonds. The van der Waals surface area contributed by atoms with Gasteiger partial charge in [0.1, 0.15) is 0 Å². The molecule has 0 radical (unpaired) electrons. The van der Waals surface area contributed by atoms with Gasteiger partial charge in [0.2, 0.25) is 0 Å². The van der Waals surface area contributed by atoms with Gasteiger partial charge in [-0.15, -0.1) is 0 Å². The van der Waals surface area contributed by atoms with Crippen molar-refractivity contribution in [3.63, 3.8) is 0 Å². The molecule has 0 bridgehead atoms. The lowest BCUT2D eigenvalue weighted by atomic mass is 10.0. The van der Waals surface area contributed by atoms with Crippen LogP contribution in [0.2, 0.25) is 0 Å². The maximum atomic E-state index is 12.0. The van der Waals surface area contributed by atoms with Crippen LogP contribution in [0.3, 0.4) is 0 Å². The summed E-state index contributed by atoms with van der Waals surface area (Å²) in [6.07, 6.45) is 75.5. The minimum Gasteiger partial charge on any atom is -0.466 e. The summed E-state index contributed by atoms with van der Waals surface area (Å²) < 4.78 is 10.9. The number of hydrogen-bond donors (Lipinski definition) is 0. The lowest BCUT2D eigenvalue weighted by Gasteiger charge is -2.06. The molecule has 0 aliphatic rings. The minimum absolute atomic E-state index is 0.0234. The third-order valence-corrected chi connectivity index (χ3v) is 14.2. The van der Waals surface area contributed by atoms with E-state index in [2.05, 4.69) is 26.0 Å². The van der Waals surface area contributed by atoms with Crippen LogP contribution in [0.5, 0.6) is 0 Å². The molecule has 66 heavy (non-hydrogen) atoms. The molecule has 0 atom stereocenters. The molecule has 0 aromatic heterocycles. The zero-order valence-corrected chi connectivity index (χ0v) is 45.4. The third-order valence-electron chi connectivity index (χ3n) is 14.2. The van der Waals surface area contributed by atoms with E-state index < -0.39 is 0 Å². The highest BCUT2D eigenvalue weighted by atomic mass is 16.5. The molecule has 4 nitrogen and oxygen atoms in total. The lowest BCUT2D eigenvalue weighted by molar-refractivity contribution is -0.144. The Labute approximate surface area is 415 Å². The van der Waals surface area contributed by atoms with E-state index in [0.29, 0.717) is 26.1 Å². The van der Waals surface area contributed by atoms with E-state index in [1.165, 1.54) is 308 Å². The highest BCUT2D eigenvalue weighted by Gasteiger charge is 2.05. The molecular weight excluding hydrogens is 809 g/mol. The molecule has 0 fully saturated rings. The Hall–Kier alpha value is -1.32. The van der Waals surface area contributed by atoms with Crippen molar-refractivity contribution in [2.24, 2.45) is 0 Å². The summed E-state index contributed by atoms with van der Waals surface area (Å²) in [5, 5.41) is 0. The first-order valence-electron chi connectivity index (χ1n) is 30.7. The second-order valence-electron chi connectivity index (χ2n) is 21.0. The van der Waals surface area contributed by atoms with Crippen molar-refractivity contribution >= 4 is 11.9 Å². The SMILES string of the molecule is CCCCCCCCCCCCCOC(=O)CCCCCCCCCCCCCCCC/C=C\CCCCCCCCCCCCCCCCC(=O)OCCCCCCCCCCCCC. The van der Waals surface area contributed by atoms with Gasteiger partial charge >= 0.3 is 11.9 Å². The lowest BCUT2D eigenvalue weighted by Crippen LogP contribution is -2.05. The van der Waals surface area contributed by atoms with Gasteiger partial charge in [0, 0.05) is 12.8 Å². The quantitative estimate of drug-likeness (QED) is 0.0346. The van der Waals surface area contributed by atoms with Gasteiger partial charge in [0.15, 0.2) is 0 Å². The summed E-state index contributed by atoms with van der Waals surface area (Å²) in [6, 6.07) is 0. The molecule has 0 aromatic rings. The number of rotatable bonds is 58. The Bertz CT molecular complexity index is 870. The highest BCUT2D eigenvalue weighted by molar-refractivity contribution is 5.69. The molecule has 4 heteroatoms. The molecule has 0 rings (SSSR count). The predicted molar refractivity (Wildman–Crippen MR) is 292 cm³/mol. The summed E-state index contributed by atoms with van der Waals surface area (Å²) in [5.74, 6) is 0.0469. The first-order valence-corrected chi connectivity index (χ1v) is 30.7. The van der Waals surface area contributed by atoms with Crippen molar-refractivity contribution in [3.8, 4) is 0 Å². The number of carbonyl (C=O) groups is 2. The van der Waals surface area contributed by atoms with E-state index in [1.807, 2.05) is 0 Å². The maximum absolute atomic E-state index is 12.0. The van der Waals surface area contributed by atoms with Crippen molar-refractivity contribution in [2.75, 3.05) is 13.2 Å². The van der Waals surface area contributed by atoms with Crippen molar-refractivity contribution in [1.29, 1.82) is 0 Å². The molecule has 0 spiro atoms. The van der Waals surface area contributed by atoms with Gasteiger partial charge in [-0.2, -0.15) is 0 Å². The second-order valence-corrected chi connectivity index (χ2v) is 21.0. The fourth-order valence-corrected chi connectivity index (χ4v) is 9.59. The largest absolute Gasteiger partial charge is 0.466 e. The first kappa shape index (κ1) is 64.7. The monoisotopic (exact) mass is 929 g/mol. The average Bonchev–Trinajstić information content (AvgIpc) is 3.32. The van der Waals surface area contributed by atoms with E-state index in [1.54, 1.807) is 0 Å². The number of carbonyl (C=O) groups excluding carboxylic acids is 2. The van der Waals surface area contributed by atoms with Gasteiger partial charge in [0.25, 0.3) is 0 Å². The van der Waals surface area contributed by atoms with E-state index in [0.717, 1.165) is 25.7 Å². The van der Waals surface area contributed by atoms with Crippen LogP contribution >= 0.6 is 0 Å². The number of allylic oxidation sites excluding steroid dienone is 2. The molecule has 0 heterocycles. The average molecular weight is 930 g/mol. The van der Waals surface area contributed by atoms with Crippen LogP contribution in [0.15, 0.2) is 12.2 Å². The molecule has 392 valence electrons. The summed E-state index contributed by atoms with van der Waals surface area (Å²) in [7, 11) is 0. The Morgan fingerprint density at radius 3 is 0.652 bits per heavy atom. The molecule has 0 aliphatic carbocycles. The van der Waals surface area contributed by atoms with Gasteiger partial charge in [0.05, 0.1) is 13.2 Å². The molecule has 0 aliphatic heterocycles. The maximum Gasteiger partial charge on any atom is 0.305 e. The molecular formula is C62H120O4. The molecule has 0 saturated carbocycles. The van der Waals surface area contributed by atoms with Crippen molar-refractivity contribution < 1.29 is 19.1 Å². The van der Waals surface area contributed by atoms with E-state index in [4.69, 9.17) is 9.47 Å². The molecule has 0 saturated heterocycles. The van der Waals surface area contributed by atoms with Gasteiger partial charge in [-0.1, -0.05) is 309 Å². The summed E-state index contributed by atoms with van der Waals surface area (Å²) in [6.45, 7) is 5.82. The van der Waals surface area contributed by atoms with Crippen LogP contribution in [0.1, 0.15) is 361 Å². The Kier molecular flexibility index (Phi) is 58.6. The highest BCUT2D eigenvalue weighted by Crippen LogP contribution is 2.18. The van der Waals surface area contributed by atoms with Gasteiger partial charge in [-0.25, -0.2) is 0 Å². The molecule has 0 aromatic carbocycles. The van der Waals surface area contributed by atoms with Gasteiger partial charge < -0.3 is 9.47 Å². The third kappa shape index (κ3) is 58.8. The molecule has 0 N–H and O–H groups in total. The number of ether oxygens (including phenoxy) is 2. The Morgan fingerprint density at radius 1 is 0.242 bits per heavy atom. The number of unbranched alkanes of at least 4 members (excludes halogenated alkanes) is 48. The fraction of sp³-hybridized carbons (Fsp3) is 0.935. The first-order chi connectivity index (χ1) is 32.7. The minimum atomic E-state index is 0.0234. The van der Waals surface area contributed by atoms with Crippen LogP contribution < -0.4 is 0 Å². The predicted octanol–water partition coefficient (Wildman–Crippen LogP) is 21.7. The van der Waals surface area contributed by atoms with Gasteiger partial charge in [-0.3, -0.25) is 9.59 Å². The topological polar surface area (TPSA) is 52.6 Å². The number of hydrogen-bond acceptors (Lipinski definition) is 4. The Balaban J connectivity index is 3.20. The summed E-state index contributed by atoms with van der Waals surface area (Å²) >= 11 is 0. The standard InChI is InChI=1S/C62H120O4/c1-3-5-7-9-11-13-39-43-47-51-55-59-65-61(63)57-53-49-45-41-37-35-33-31-29-27-25-23-21-19-17-15-16-18-20-22-24-26-28-30-32-34-36-38-42-46-50-54-58-62(64)66-60-56-52-48-44-40-14-12-10-8-6-4-2/h15-16H,3-14,17-60H2,1-2H3/b16-15-. The summed E-state index contributed by atoms with van der Waals surface area (Å²) in [4.78, 5) is 24.0. The van der Waals surface area contributed by atoms with Crippen LogP contribution in [0, 0.1) is 0 Å². The van der Waals surface area contributed by atoms with Crippen LogP contribution in [0.25, 0.3) is 0 Å². The van der Waals surface area contributed by atoms with E-state index in [-0.39, 0.29) is 11.9 Å². The number of esters is 2.